The van der Waals surface area contributed by atoms with E-state index in [1.807, 2.05) is 24.3 Å². The van der Waals surface area contributed by atoms with Gasteiger partial charge >= 0.3 is 0 Å². The highest BCUT2D eigenvalue weighted by Crippen LogP contribution is 2.51. The van der Waals surface area contributed by atoms with E-state index in [-0.39, 0.29) is 23.8 Å². The number of nitrogens with one attached hydrogen (secondary N) is 1. The Hall–Kier alpha value is -2.14. The van der Waals surface area contributed by atoms with Gasteiger partial charge in [-0.2, -0.15) is 0 Å². The van der Waals surface area contributed by atoms with E-state index in [4.69, 9.17) is 4.74 Å². The van der Waals surface area contributed by atoms with Gasteiger partial charge in [-0.05, 0) is 67.9 Å². The third-order valence-electron chi connectivity index (χ3n) is 8.92. The van der Waals surface area contributed by atoms with Crippen LogP contribution in [0.2, 0.25) is 0 Å². The highest BCUT2D eigenvalue weighted by molar-refractivity contribution is 6.02. The molecule has 0 radical (unpaired) electrons. The van der Waals surface area contributed by atoms with E-state index in [1.165, 1.54) is 12.8 Å². The highest BCUT2D eigenvalue weighted by Gasteiger charge is 2.56. The lowest BCUT2D eigenvalue weighted by atomic mass is 9.70. The van der Waals surface area contributed by atoms with Gasteiger partial charge in [-0.25, -0.2) is 0 Å². The van der Waals surface area contributed by atoms with Gasteiger partial charge in [0.2, 0.25) is 5.91 Å². The molecule has 170 valence electrons. The summed E-state index contributed by atoms with van der Waals surface area (Å²) in [6.07, 6.45) is 13.2. The van der Waals surface area contributed by atoms with E-state index in [2.05, 4.69) is 22.4 Å². The number of allylic oxidation sites excluding steroid dienone is 2. The van der Waals surface area contributed by atoms with Gasteiger partial charge in [-0.1, -0.05) is 43.2 Å². The molecular formula is C27H34N2O3. The SMILES string of the molecule is O=C(NC[C@H]1C[C@@H]2C=C[C@@H]1C2)[C@H]1c2ccccc2C(=O)N(C[C@H]2CCCO2)C12CCCC2. The Morgan fingerprint density at radius 3 is 2.69 bits per heavy atom. The second kappa shape index (κ2) is 8.02. The molecule has 5 nitrogen and oxygen atoms in total. The Morgan fingerprint density at radius 2 is 1.97 bits per heavy atom. The second-order valence-corrected chi connectivity index (χ2v) is 10.7. The minimum absolute atomic E-state index is 0.0836. The monoisotopic (exact) mass is 434 g/mol. The summed E-state index contributed by atoms with van der Waals surface area (Å²) in [4.78, 5) is 29.7. The number of fused-ring (bicyclic) bond motifs is 3. The van der Waals surface area contributed by atoms with Crippen LogP contribution in [0.1, 0.15) is 73.2 Å². The summed E-state index contributed by atoms with van der Waals surface area (Å²) in [5.41, 5.74) is 1.20. The van der Waals surface area contributed by atoms with Gasteiger partial charge in [0.1, 0.15) is 0 Å². The Bertz CT molecular complexity index is 929. The van der Waals surface area contributed by atoms with Crippen molar-refractivity contribution in [2.24, 2.45) is 17.8 Å². The number of amides is 2. The van der Waals surface area contributed by atoms with Crippen LogP contribution in [0.3, 0.4) is 0 Å². The molecule has 0 unspecified atom stereocenters. The number of hydrogen-bond donors (Lipinski definition) is 1. The molecule has 2 bridgehead atoms. The van der Waals surface area contributed by atoms with Crippen LogP contribution >= 0.6 is 0 Å². The largest absolute Gasteiger partial charge is 0.376 e. The Balaban J connectivity index is 1.32. The first-order valence-corrected chi connectivity index (χ1v) is 12.6. The normalized spacial score (nSPS) is 34.4. The van der Waals surface area contributed by atoms with Crippen molar-refractivity contribution in [1.29, 1.82) is 0 Å². The van der Waals surface area contributed by atoms with Crippen molar-refractivity contribution in [3.63, 3.8) is 0 Å². The summed E-state index contributed by atoms with van der Waals surface area (Å²) < 4.78 is 5.93. The van der Waals surface area contributed by atoms with Crippen LogP contribution in [-0.2, 0) is 9.53 Å². The molecule has 1 aromatic rings. The first-order chi connectivity index (χ1) is 15.7. The van der Waals surface area contributed by atoms with E-state index >= 15 is 0 Å². The Kier molecular flexibility index (Phi) is 5.13. The molecule has 2 aliphatic heterocycles. The predicted molar refractivity (Wildman–Crippen MR) is 122 cm³/mol. The lowest BCUT2D eigenvalue weighted by molar-refractivity contribution is -0.127. The van der Waals surface area contributed by atoms with Crippen LogP contribution in [0.5, 0.6) is 0 Å². The highest BCUT2D eigenvalue weighted by atomic mass is 16.5. The summed E-state index contributed by atoms with van der Waals surface area (Å²) in [6, 6.07) is 7.82. The second-order valence-electron chi connectivity index (χ2n) is 10.7. The molecule has 0 aromatic heterocycles. The molecule has 1 saturated heterocycles. The lowest BCUT2D eigenvalue weighted by Gasteiger charge is -2.50. The number of ether oxygens (including phenoxy) is 1. The molecule has 1 N–H and O–H groups in total. The maximum Gasteiger partial charge on any atom is 0.254 e. The summed E-state index contributed by atoms with van der Waals surface area (Å²) in [5, 5.41) is 3.36. The van der Waals surface area contributed by atoms with Crippen LogP contribution in [0.4, 0.5) is 0 Å². The van der Waals surface area contributed by atoms with Gasteiger partial charge in [-0.15, -0.1) is 0 Å². The van der Waals surface area contributed by atoms with Gasteiger partial charge in [0, 0.05) is 25.3 Å². The van der Waals surface area contributed by atoms with Gasteiger partial charge in [0.25, 0.3) is 5.91 Å². The van der Waals surface area contributed by atoms with Crippen LogP contribution < -0.4 is 5.32 Å². The Labute approximate surface area is 190 Å². The topological polar surface area (TPSA) is 58.6 Å². The fourth-order valence-corrected chi connectivity index (χ4v) is 7.39. The fourth-order valence-electron chi connectivity index (χ4n) is 7.39. The van der Waals surface area contributed by atoms with Crippen molar-refractivity contribution in [3.8, 4) is 0 Å². The number of hydrogen-bond acceptors (Lipinski definition) is 3. The molecule has 5 atom stereocenters. The maximum absolute atomic E-state index is 13.9. The third-order valence-corrected chi connectivity index (χ3v) is 8.92. The van der Waals surface area contributed by atoms with Crippen molar-refractivity contribution in [2.75, 3.05) is 19.7 Å². The number of carbonyl (C=O) groups is 2. The molecule has 5 heteroatoms. The van der Waals surface area contributed by atoms with E-state index in [1.54, 1.807) is 0 Å². The molecular weight excluding hydrogens is 400 g/mol. The zero-order chi connectivity index (χ0) is 21.7. The van der Waals surface area contributed by atoms with E-state index in [0.717, 1.165) is 57.2 Å². The van der Waals surface area contributed by atoms with Crippen molar-refractivity contribution >= 4 is 11.8 Å². The van der Waals surface area contributed by atoms with E-state index < -0.39 is 5.54 Å². The average molecular weight is 435 g/mol. The van der Waals surface area contributed by atoms with Gasteiger partial charge in [-0.3, -0.25) is 9.59 Å². The molecule has 2 amide bonds. The first kappa shape index (κ1) is 20.5. The first-order valence-electron chi connectivity index (χ1n) is 12.6. The molecule has 2 saturated carbocycles. The summed E-state index contributed by atoms with van der Waals surface area (Å²) in [5.74, 6) is 1.78. The number of nitrogens with zero attached hydrogens (tertiary/aromatic N) is 1. The quantitative estimate of drug-likeness (QED) is 0.712. The smallest absolute Gasteiger partial charge is 0.254 e. The van der Waals surface area contributed by atoms with Crippen molar-refractivity contribution in [1.82, 2.24) is 10.2 Å². The third kappa shape index (κ3) is 3.23. The molecule has 6 rings (SSSR count). The molecule has 5 aliphatic rings. The molecule has 32 heavy (non-hydrogen) atoms. The average Bonchev–Trinajstić information content (AvgIpc) is 3.61. The van der Waals surface area contributed by atoms with Gasteiger partial charge in [0.15, 0.2) is 0 Å². The zero-order valence-electron chi connectivity index (χ0n) is 18.8. The van der Waals surface area contributed by atoms with Gasteiger partial charge < -0.3 is 15.0 Å². The van der Waals surface area contributed by atoms with Crippen LogP contribution in [-0.4, -0.2) is 48.1 Å². The summed E-state index contributed by atoms with van der Waals surface area (Å²) in [6.45, 7) is 2.13. The van der Waals surface area contributed by atoms with Crippen molar-refractivity contribution in [3.05, 3.63) is 47.5 Å². The molecule has 1 aromatic carbocycles. The van der Waals surface area contributed by atoms with Crippen molar-refractivity contribution < 1.29 is 14.3 Å². The summed E-state index contributed by atoms with van der Waals surface area (Å²) >= 11 is 0. The van der Waals surface area contributed by atoms with E-state index in [9.17, 15) is 9.59 Å². The lowest BCUT2D eigenvalue weighted by Crippen LogP contribution is -2.62. The minimum Gasteiger partial charge on any atom is -0.376 e. The van der Waals surface area contributed by atoms with Crippen molar-refractivity contribution in [2.45, 2.75) is 68.9 Å². The minimum atomic E-state index is -0.421. The fraction of sp³-hybridized carbons (Fsp3) is 0.630. The van der Waals surface area contributed by atoms with E-state index in [0.29, 0.717) is 29.9 Å². The predicted octanol–water partition coefficient (Wildman–Crippen LogP) is 4.05. The molecule has 3 fully saturated rings. The van der Waals surface area contributed by atoms with Crippen LogP contribution in [0, 0.1) is 17.8 Å². The summed E-state index contributed by atoms with van der Waals surface area (Å²) in [7, 11) is 0. The standard InChI is InChI=1S/C27H34N2O3/c30-25(28-16-20-15-18-9-10-19(20)14-18)24-22-7-1-2-8-23(22)26(31)29(17-21-6-5-13-32-21)27(24)11-3-4-12-27/h1-2,7-10,18-21,24H,3-6,11-17H2,(H,28,30)/t18-,19-,20-,21-,24-/m1/s1. The number of benzene rings is 1. The molecule has 1 spiro atoms. The number of rotatable bonds is 5. The Morgan fingerprint density at radius 1 is 1.12 bits per heavy atom. The molecule has 3 aliphatic carbocycles. The van der Waals surface area contributed by atoms with Gasteiger partial charge in [0.05, 0.1) is 17.6 Å². The maximum atomic E-state index is 13.9. The van der Waals surface area contributed by atoms with Crippen LogP contribution in [0.25, 0.3) is 0 Å². The molecule has 2 heterocycles. The van der Waals surface area contributed by atoms with Crippen LogP contribution in [0.15, 0.2) is 36.4 Å². The number of carbonyl (C=O) groups excluding carboxylic acids is 2. The zero-order valence-corrected chi connectivity index (χ0v) is 18.8.